The number of aryl methyl sites for hydroxylation is 2. The number of aromatic nitrogens is 2. The van der Waals surface area contributed by atoms with Crippen LogP contribution in [0.2, 0.25) is 0 Å². The topological polar surface area (TPSA) is 94.0 Å². The van der Waals surface area contributed by atoms with Crippen LogP contribution in [0, 0.1) is 18.7 Å². The molecule has 0 radical (unpaired) electrons. The normalized spacial score (nSPS) is 12.4. The second-order valence-corrected chi connectivity index (χ2v) is 6.61. The Labute approximate surface area is 147 Å². The van der Waals surface area contributed by atoms with E-state index in [1.807, 2.05) is 0 Å². The van der Waals surface area contributed by atoms with Gasteiger partial charge in [-0.15, -0.1) is 0 Å². The lowest BCUT2D eigenvalue weighted by atomic mass is 10.0. The number of rotatable bonds is 8. The van der Waals surface area contributed by atoms with Crippen LogP contribution >= 0.6 is 0 Å². The van der Waals surface area contributed by atoms with E-state index < -0.39 is 0 Å². The molecule has 6 nitrogen and oxygen atoms in total. The molecule has 2 rings (SSSR count). The van der Waals surface area contributed by atoms with E-state index in [0.29, 0.717) is 41.7 Å². The van der Waals surface area contributed by atoms with Crippen molar-refractivity contribution in [3.63, 3.8) is 0 Å². The van der Waals surface area contributed by atoms with Crippen LogP contribution < -0.4 is 11.1 Å². The Kier molecular flexibility index (Phi) is 6.64. The number of nitrogens with two attached hydrogens (primary N) is 1. The van der Waals surface area contributed by atoms with Gasteiger partial charge in [0.1, 0.15) is 5.82 Å². The Hall–Kier alpha value is -2.28. The van der Waals surface area contributed by atoms with Crippen molar-refractivity contribution >= 4 is 5.91 Å². The number of carbonyl (C=O) groups excluding carboxylic acids is 1. The molecule has 1 amide bonds. The molecule has 3 N–H and O–H groups in total. The fourth-order valence-electron chi connectivity index (χ4n) is 2.51. The highest BCUT2D eigenvalue weighted by atomic mass is 19.1. The molecule has 0 saturated heterocycles. The van der Waals surface area contributed by atoms with Gasteiger partial charge in [-0.3, -0.25) is 4.79 Å². The molecule has 7 heteroatoms. The summed E-state index contributed by atoms with van der Waals surface area (Å²) in [5.74, 6) is 0.703. The number of amides is 1. The quantitative estimate of drug-likeness (QED) is 0.765. The van der Waals surface area contributed by atoms with E-state index in [4.69, 9.17) is 10.3 Å². The summed E-state index contributed by atoms with van der Waals surface area (Å²) in [6.07, 6.45) is 1.40. The summed E-state index contributed by atoms with van der Waals surface area (Å²) in [6.45, 7) is 6.27. The first-order chi connectivity index (χ1) is 11.9. The van der Waals surface area contributed by atoms with Gasteiger partial charge < -0.3 is 15.6 Å². The van der Waals surface area contributed by atoms with Crippen LogP contribution in [0.25, 0.3) is 11.4 Å². The second kappa shape index (κ2) is 8.71. The first-order valence-electron chi connectivity index (χ1n) is 8.47. The molecule has 1 aromatic heterocycles. The molecule has 0 fully saturated rings. The zero-order valence-corrected chi connectivity index (χ0v) is 14.9. The molecule has 0 aliphatic heterocycles. The molecular formula is C18H25FN4O2. The first-order valence-corrected chi connectivity index (χ1v) is 8.47. The van der Waals surface area contributed by atoms with Gasteiger partial charge in [-0.1, -0.05) is 31.1 Å². The number of hydrogen-bond acceptors (Lipinski definition) is 5. The molecular weight excluding hydrogens is 323 g/mol. The maximum atomic E-state index is 13.6. The molecule has 0 bridgehead atoms. The van der Waals surface area contributed by atoms with Gasteiger partial charge in [0.05, 0.1) is 0 Å². The van der Waals surface area contributed by atoms with Gasteiger partial charge >= 0.3 is 0 Å². The van der Waals surface area contributed by atoms with Crippen molar-refractivity contribution < 1.29 is 13.7 Å². The minimum absolute atomic E-state index is 0.0266. The van der Waals surface area contributed by atoms with Crippen LogP contribution in [0.3, 0.4) is 0 Å². The summed E-state index contributed by atoms with van der Waals surface area (Å²) in [6, 6.07) is 4.74. The minimum Gasteiger partial charge on any atom is -0.352 e. The fraction of sp³-hybridized carbons (Fsp3) is 0.500. The molecule has 0 aliphatic rings. The summed E-state index contributed by atoms with van der Waals surface area (Å²) in [4.78, 5) is 16.2. The minimum atomic E-state index is -0.318. The largest absolute Gasteiger partial charge is 0.352 e. The summed E-state index contributed by atoms with van der Waals surface area (Å²) >= 11 is 0. The van der Waals surface area contributed by atoms with Crippen molar-refractivity contribution in [2.24, 2.45) is 11.7 Å². The molecule has 1 atom stereocenters. The lowest BCUT2D eigenvalue weighted by molar-refractivity contribution is -0.121. The van der Waals surface area contributed by atoms with Crippen molar-refractivity contribution in [2.45, 2.75) is 46.1 Å². The van der Waals surface area contributed by atoms with E-state index in [1.165, 1.54) is 6.07 Å². The lowest BCUT2D eigenvalue weighted by Gasteiger charge is -2.18. The van der Waals surface area contributed by atoms with Crippen molar-refractivity contribution in [1.82, 2.24) is 15.5 Å². The van der Waals surface area contributed by atoms with Gasteiger partial charge in [0.2, 0.25) is 17.6 Å². The van der Waals surface area contributed by atoms with Crippen LogP contribution in [0.15, 0.2) is 22.7 Å². The third kappa shape index (κ3) is 5.63. The van der Waals surface area contributed by atoms with Crippen LogP contribution in [0.1, 0.15) is 38.1 Å². The molecule has 25 heavy (non-hydrogen) atoms. The van der Waals surface area contributed by atoms with E-state index >= 15 is 0 Å². The Morgan fingerprint density at radius 3 is 2.80 bits per heavy atom. The average Bonchev–Trinajstić information content (AvgIpc) is 3.03. The summed E-state index contributed by atoms with van der Waals surface area (Å²) in [7, 11) is 0. The van der Waals surface area contributed by atoms with E-state index in [1.54, 1.807) is 19.1 Å². The predicted octanol–water partition coefficient (Wildman–Crippen LogP) is 2.61. The third-order valence-corrected chi connectivity index (χ3v) is 3.87. The highest BCUT2D eigenvalue weighted by Gasteiger charge is 2.15. The van der Waals surface area contributed by atoms with Crippen molar-refractivity contribution in [3.8, 4) is 11.4 Å². The maximum absolute atomic E-state index is 13.6. The van der Waals surface area contributed by atoms with Gasteiger partial charge in [0.25, 0.3) is 0 Å². The van der Waals surface area contributed by atoms with Crippen molar-refractivity contribution in [1.29, 1.82) is 0 Å². The Balaban J connectivity index is 1.90. The number of carbonyl (C=O) groups is 1. The summed E-state index contributed by atoms with van der Waals surface area (Å²) in [5.41, 5.74) is 6.78. The molecule has 1 aromatic carbocycles. The van der Waals surface area contributed by atoms with Crippen LogP contribution in [-0.4, -0.2) is 28.6 Å². The van der Waals surface area contributed by atoms with E-state index in [2.05, 4.69) is 29.3 Å². The van der Waals surface area contributed by atoms with Gasteiger partial charge in [-0.05, 0) is 30.9 Å². The van der Waals surface area contributed by atoms with E-state index in [9.17, 15) is 9.18 Å². The van der Waals surface area contributed by atoms with Gasteiger partial charge in [0.15, 0.2) is 0 Å². The van der Waals surface area contributed by atoms with Crippen LogP contribution in [0.5, 0.6) is 0 Å². The highest BCUT2D eigenvalue weighted by molar-refractivity contribution is 5.76. The standard InChI is InChI=1S/C18H25FN4O2/c1-11(2)8-14(10-20)21-16(24)6-7-17-22-18(23-25-17)13-5-4-12(3)15(19)9-13/h4-5,9,11,14H,6-8,10,20H2,1-3H3,(H,21,24). The number of benzene rings is 1. The Morgan fingerprint density at radius 2 is 2.16 bits per heavy atom. The molecule has 1 unspecified atom stereocenters. The Bertz CT molecular complexity index is 715. The van der Waals surface area contributed by atoms with Gasteiger partial charge in [-0.2, -0.15) is 4.98 Å². The van der Waals surface area contributed by atoms with Crippen molar-refractivity contribution in [2.75, 3.05) is 6.54 Å². The number of nitrogens with one attached hydrogen (secondary N) is 1. The van der Waals surface area contributed by atoms with Gasteiger partial charge in [0, 0.05) is 31.0 Å². The smallest absolute Gasteiger partial charge is 0.227 e. The first kappa shape index (κ1) is 19.1. The zero-order valence-electron chi connectivity index (χ0n) is 14.9. The van der Waals surface area contributed by atoms with Gasteiger partial charge in [-0.25, -0.2) is 4.39 Å². The number of halogens is 1. The number of hydrogen-bond donors (Lipinski definition) is 2. The zero-order chi connectivity index (χ0) is 18.4. The fourth-order valence-corrected chi connectivity index (χ4v) is 2.51. The molecule has 0 aliphatic carbocycles. The second-order valence-electron chi connectivity index (χ2n) is 6.61. The number of nitrogens with zero attached hydrogens (tertiary/aromatic N) is 2. The monoisotopic (exact) mass is 348 g/mol. The molecule has 1 heterocycles. The van der Waals surface area contributed by atoms with Crippen molar-refractivity contribution in [3.05, 3.63) is 35.5 Å². The van der Waals surface area contributed by atoms with E-state index in [0.717, 1.165) is 6.42 Å². The maximum Gasteiger partial charge on any atom is 0.227 e. The lowest BCUT2D eigenvalue weighted by Crippen LogP contribution is -2.41. The molecule has 0 saturated carbocycles. The molecule has 2 aromatic rings. The third-order valence-electron chi connectivity index (χ3n) is 3.87. The Morgan fingerprint density at radius 1 is 1.40 bits per heavy atom. The van der Waals surface area contributed by atoms with Crippen LogP contribution in [-0.2, 0) is 11.2 Å². The predicted molar refractivity (Wildman–Crippen MR) is 93.2 cm³/mol. The molecule has 0 spiro atoms. The average molecular weight is 348 g/mol. The van der Waals surface area contributed by atoms with Crippen LogP contribution in [0.4, 0.5) is 4.39 Å². The highest BCUT2D eigenvalue weighted by Crippen LogP contribution is 2.19. The SMILES string of the molecule is Cc1ccc(-c2noc(CCC(=O)NC(CN)CC(C)C)n2)cc1F. The summed E-state index contributed by atoms with van der Waals surface area (Å²) < 4.78 is 18.8. The summed E-state index contributed by atoms with van der Waals surface area (Å²) in [5, 5.41) is 6.76. The van der Waals surface area contributed by atoms with E-state index in [-0.39, 0.29) is 24.2 Å². The molecule has 136 valence electrons.